The molecule has 2 atom stereocenters. The van der Waals surface area contributed by atoms with E-state index in [0.29, 0.717) is 19.3 Å². The maximum atomic E-state index is 12.9. The lowest BCUT2D eigenvalue weighted by Crippen LogP contribution is -2.30. The fourth-order valence-corrected chi connectivity index (χ4v) is 9.90. The monoisotopic (exact) mass is 989 g/mol. The third-order valence-corrected chi connectivity index (χ3v) is 15.1. The summed E-state index contributed by atoms with van der Waals surface area (Å²) in [6.45, 7) is 11.5. The maximum absolute atomic E-state index is 12.9. The number of ether oxygens (including phenoxy) is 3. The summed E-state index contributed by atoms with van der Waals surface area (Å²) in [5, 5.41) is 0. The predicted molar refractivity (Wildman–Crippen MR) is 303 cm³/mol. The summed E-state index contributed by atoms with van der Waals surface area (Å²) < 4.78 is 17.0. The Labute approximate surface area is 438 Å². The molecule has 0 fully saturated rings. The highest BCUT2D eigenvalue weighted by molar-refractivity contribution is 5.71. The summed E-state index contributed by atoms with van der Waals surface area (Å²) in [7, 11) is 0. The first-order chi connectivity index (χ1) is 34.3. The summed E-state index contributed by atoms with van der Waals surface area (Å²) in [5.41, 5.74) is 0. The number of unbranched alkanes of at least 4 members (excludes halogenated alkanes) is 42. The Bertz CT molecular complexity index is 1070. The van der Waals surface area contributed by atoms with Gasteiger partial charge in [0.25, 0.3) is 0 Å². The van der Waals surface area contributed by atoms with Crippen LogP contribution in [0.3, 0.4) is 0 Å². The van der Waals surface area contributed by atoms with Crippen molar-refractivity contribution in [1.29, 1.82) is 0 Å². The van der Waals surface area contributed by atoms with Gasteiger partial charge in [-0.3, -0.25) is 14.4 Å². The summed E-state index contributed by atoms with van der Waals surface area (Å²) in [4.78, 5) is 38.3. The van der Waals surface area contributed by atoms with Crippen molar-refractivity contribution >= 4 is 17.9 Å². The van der Waals surface area contributed by atoms with Gasteiger partial charge >= 0.3 is 17.9 Å². The zero-order valence-electron chi connectivity index (χ0n) is 48.2. The molecule has 0 rings (SSSR count). The van der Waals surface area contributed by atoms with Crippen LogP contribution in [0, 0.1) is 11.8 Å². The lowest BCUT2D eigenvalue weighted by atomic mass is 9.99. The molecule has 0 spiro atoms. The van der Waals surface area contributed by atoms with E-state index in [4.69, 9.17) is 14.2 Å². The van der Waals surface area contributed by atoms with Crippen LogP contribution in [-0.2, 0) is 28.6 Å². The van der Waals surface area contributed by atoms with Gasteiger partial charge in [0.15, 0.2) is 6.10 Å². The molecule has 0 bridgehead atoms. The fraction of sp³-hybridized carbons (Fsp3) is 0.953. The Morgan fingerprint density at radius 3 is 0.814 bits per heavy atom. The molecule has 0 heterocycles. The molecule has 0 radical (unpaired) electrons. The second-order valence-corrected chi connectivity index (χ2v) is 22.8. The van der Waals surface area contributed by atoms with Gasteiger partial charge in [-0.05, 0) is 31.1 Å². The minimum Gasteiger partial charge on any atom is -0.462 e. The van der Waals surface area contributed by atoms with Crippen LogP contribution in [-0.4, -0.2) is 37.2 Å². The summed E-state index contributed by atoms with van der Waals surface area (Å²) in [6.07, 6.45) is 62.3. The quantitative estimate of drug-likeness (QED) is 0.0343. The van der Waals surface area contributed by atoms with Crippen LogP contribution >= 0.6 is 0 Å². The Hall–Kier alpha value is -1.59. The average Bonchev–Trinajstić information content (AvgIpc) is 3.35. The van der Waals surface area contributed by atoms with E-state index in [2.05, 4.69) is 34.6 Å². The SMILES string of the molecule is CCCCCCCCCCCCCCCCCCCC(=O)O[C@@H](COC(=O)CCCCCCCCCCCCCCCCC(C)C)COC(=O)CCCCCCCCCCCCCCCCC(C)CC. The molecule has 0 aliphatic heterocycles. The van der Waals surface area contributed by atoms with Crippen molar-refractivity contribution in [2.45, 2.75) is 368 Å². The molecule has 0 aliphatic carbocycles. The van der Waals surface area contributed by atoms with Crippen molar-refractivity contribution in [3.63, 3.8) is 0 Å². The molecule has 0 aromatic rings. The molecular weight excluding hydrogens is 865 g/mol. The molecule has 0 aromatic heterocycles. The average molecular weight is 990 g/mol. The maximum Gasteiger partial charge on any atom is 0.306 e. The van der Waals surface area contributed by atoms with Crippen LogP contribution in [0.2, 0.25) is 0 Å². The van der Waals surface area contributed by atoms with Crippen molar-refractivity contribution in [2.75, 3.05) is 13.2 Å². The van der Waals surface area contributed by atoms with Crippen molar-refractivity contribution < 1.29 is 28.6 Å². The third-order valence-electron chi connectivity index (χ3n) is 15.1. The van der Waals surface area contributed by atoms with Crippen LogP contribution in [0.1, 0.15) is 362 Å². The van der Waals surface area contributed by atoms with Crippen molar-refractivity contribution in [3.05, 3.63) is 0 Å². The Balaban J connectivity index is 4.30. The van der Waals surface area contributed by atoms with E-state index >= 15 is 0 Å². The molecule has 70 heavy (non-hydrogen) atoms. The second-order valence-electron chi connectivity index (χ2n) is 22.8. The standard InChI is InChI=1S/C64H124O6/c1-6-8-9-10-11-12-13-14-15-16-17-26-31-36-41-46-51-56-64(67)70-61(57-68-62(65)54-49-44-39-34-29-24-20-18-22-27-32-37-42-47-52-59(3)4)58-69-63(66)55-50-45-40-35-30-25-21-19-23-28-33-38-43-48-53-60(5)7-2/h59-61H,6-58H2,1-5H3/t60?,61-/m0/s1. The number of esters is 3. The van der Waals surface area contributed by atoms with E-state index < -0.39 is 6.10 Å². The minimum atomic E-state index is -0.764. The number of rotatable bonds is 58. The normalized spacial score (nSPS) is 12.4. The summed E-state index contributed by atoms with van der Waals surface area (Å²) in [5.74, 6) is 0.909. The first-order valence-electron chi connectivity index (χ1n) is 31.8. The highest BCUT2D eigenvalue weighted by Crippen LogP contribution is 2.19. The molecular formula is C64H124O6. The summed E-state index contributed by atoms with van der Waals surface area (Å²) >= 11 is 0. The minimum absolute atomic E-state index is 0.0619. The Kier molecular flexibility index (Phi) is 55.4. The third kappa shape index (κ3) is 55.7. The van der Waals surface area contributed by atoms with Crippen LogP contribution in [0.5, 0.6) is 0 Å². The fourth-order valence-electron chi connectivity index (χ4n) is 9.90. The summed E-state index contributed by atoms with van der Waals surface area (Å²) in [6, 6.07) is 0. The van der Waals surface area contributed by atoms with Gasteiger partial charge in [0.2, 0.25) is 0 Å². The molecule has 0 amide bonds. The molecule has 0 aromatic carbocycles. The lowest BCUT2D eigenvalue weighted by Gasteiger charge is -2.18. The predicted octanol–water partition coefficient (Wildman–Crippen LogP) is 21.2. The number of hydrogen-bond donors (Lipinski definition) is 0. The first-order valence-corrected chi connectivity index (χ1v) is 31.8. The smallest absolute Gasteiger partial charge is 0.306 e. The van der Waals surface area contributed by atoms with Gasteiger partial charge in [0.1, 0.15) is 13.2 Å². The zero-order chi connectivity index (χ0) is 51.1. The largest absolute Gasteiger partial charge is 0.462 e. The Morgan fingerprint density at radius 1 is 0.300 bits per heavy atom. The van der Waals surface area contributed by atoms with Gasteiger partial charge in [-0.15, -0.1) is 0 Å². The molecule has 1 unspecified atom stereocenters. The van der Waals surface area contributed by atoms with Crippen molar-refractivity contribution in [3.8, 4) is 0 Å². The van der Waals surface area contributed by atoms with Gasteiger partial charge in [-0.1, -0.05) is 324 Å². The van der Waals surface area contributed by atoms with Gasteiger partial charge in [0.05, 0.1) is 0 Å². The zero-order valence-corrected chi connectivity index (χ0v) is 48.2. The van der Waals surface area contributed by atoms with Gasteiger partial charge < -0.3 is 14.2 Å². The van der Waals surface area contributed by atoms with E-state index in [1.54, 1.807) is 0 Å². The highest BCUT2D eigenvalue weighted by Gasteiger charge is 2.19. The molecule has 0 saturated carbocycles. The molecule has 0 aliphatic rings. The van der Waals surface area contributed by atoms with Crippen LogP contribution in [0.25, 0.3) is 0 Å². The van der Waals surface area contributed by atoms with Gasteiger partial charge in [0, 0.05) is 19.3 Å². The van der Waals surface area contributed by atoms with Crippen molar-refractivity contribution in [2.24, 2.45) is 11.8 Å². The van der Waals surface area contributed by atoms with E-state index in [0.717, 1.165) is 69.6 Å². The molecule has 0 N–H and O–H groups in total. The molecule has 0 saturated heterocycles. The first kappa shape index (κ1) is 68.4. The van der Waals surface area contributed by atoms with E-state index in [1.807, 2.05) is 0 Å². The highest BCUT2D eigenvalue weighted by atomic mass is 16.6. The topological polar surface area (TPSA) is 78.9 Å². The van der Waals surface area contributed by atoms with Crippen LogP contribution in [0.15, 0.2) is 0 Å². The number of hydrogen-bond acceptors (Lipinski definition) is 6. The van der Waals surface area contributed by atoms with E-state index in [1.165, 1.54) is 250 Å². The lowest BCUT2D eigenvalue weighted by molar-refractivity contribution is -0.167. The van der Waals surface area contributed by atoms with Gasteiger partial charge in [-0.2, -0.15) is 0 Å². The number of carbonyl (C=O) groups excluding carboxylic acids is 3. The van der Waals surface area contributed by atoms with Gasteiger partial charge in [-0.25, -0.2) is 0 Å². The van der Waals surface area contributed by atoms with Crippen LogP contribution < -0.4 is 0 Å². The van der Waals surface area contributed by atoms with Crippen LogP contribution in [0.4, 0.5) is 0 Å². The van der Waals surface area contributed by atoms with Crippen molar-refractivity contribution in [1.82, 2.24) is 0 Å². The second kappa shape index (κ2) is 56.7. The van der Waals surface area contributed by atoms with E-state index in [-0.39, 0.29) is 31.1 Å². The molecule has 6 heteroatoms. The molecule has 416 valence electrons. The van der Waals surface area contributed by atoms with E-state index in [9.17, 15) is 14.4 Å². The number of carbonyl (C=O) groups is 3. The Morgan fingerprint density at radius 2 is 0.543 bits per heavy atom. The molecule has 6 nitrogen and oxygen atoms in total.